The van der Waals surface area contributed by atoms with Gasteiger partial charge in [-0.1, -0.05) is 26.0 Å². The maximum absolute atomic E-state index is 4.27. The van der Waals surface area contributed by atoms with Gasteiger partial charge in [-0.05, 0) is 18.9 Å². The molecular formula is C11H18N2. The molecule has 0 aromatic carbocycles. The zero-order valence-electron chi connectivity index (χ0n) is 8.70. The third-order valence-corrected chi connectivity index (χ3v) is 1.94. The summed E-state index contributed by atoms with van der Waals surface area (Å²) in [6, 6.07) is 0. The SMILES string of the molecule is C/C=C(\C=C/C(C)C)N1CCC=N1. The van der Waals surface area contributed by atoms with Crippen molar-refractivity contribution in [2.24, 2.45) is 11.0 Å². The molecule has 0 spiro atoms. The van der Waals surface area contributed by atoms with Gasteiger partial charge >= 0.3 is 0 Å². The summed E-state index contributed by atoms with van der Waals surface area (Å²) in [5, 5.41) is 6.31. The fourth-order valence-corrected chi connectivity index (χ4v) is 1.21. The van der Waals surface area contributed by atoms with E-state index in [1.165, 1.54) is 5.70 Å². The Kier molecular flexibility index (Phi) is 3.74. The molecule has 0 saturated heterocycles. The van der Waals surface area contributed by atoms with Crippen LogP contribution in [0.4, 0.5) is 0 Å². The minimum absolute atomic E-state index is 0.599. The lowest BCUT2D eigenvalue weighted by atomic mass is 10.2. The summed E-state index contributed by atoms with van der Waals surface area (Å²) in [6.45, 7) is 7.42. The molecule has 0 fully saturated rings. The van der Waals surface area contributed by atoms with Gasteiger partial charge in [0.25, 0.3) is 0 Å². The van der Waals surface area contributed by atoms with Crippen molar-refractivity contribution in [3.8, 4) is 0 Å². The summed E-state index contributed by atoms with van der Waals surface area (Å²) in [4.78, 5) is 0. The van der Waals surface area contributed by atoms with E-state index >= 15 is 0 Å². The van der Waals surface area contributed by atoms with Gasteiger partial charge in [0.15, 0.2) is 0 Å². The fraction of sp³-hybridized carbons (Fsp3) is 0.545. The summed E-state index contributed by atoms with van der Waals surface area (Å²) in [7, 11) is 0. The molecule has 1 rings (SSSR count). The molecule has 0 radical (unpaired) electrons. The van der Waals surface area contributed by atoms with Crippen LogP contribution in [0.2, 0.25) is 0 Å². The van der Waals surface area contributed by atoms with Crippen molar-refractivity contribution in [2.45, 2.75) is 27.2 Å². The predicted octanol–water partition coefficient (Wildman–Crippen LogP) is 2.79. The van der Waals surface area contributed by atoms with E-state index < -0.39 is 0 Å². The van der Waals surface area contributed by atoms with Crippen LogP contribution in [0.1, 0.15) is 27.2 Å². The first-order valence-corrected chi connectivity index (χ1v) is 4.88. The van der Waals surface area contributed by atoms with Gasteiger partial charge < -0.3 is 0 Å². The molecule has 0 atom stereocenters. The number of hydrazone groups is 1. The lowest BCUT2D eigenvalue weighted by Gasteiger charge is -2.14. The van der Waals surface area contributed by atoms with E-state index in [2.05, 4.69) is 37.2 Å². The number of hydrogen-bond acceptors (Lipinski definition) is 2. The number of rotatable bonds is 3. The Bertz CT molecular complexity index is 236. The van der Waals surface area contributed by atoms with Crippen LogP contribution in [-0.4, -0.2) is 17.8 Å². The Morgan fingerprint density at radius 2 is 2.31 bits per heavy atom. The second-order valence-electron chi connectivity index (χ2n) is 3.53. The molecule has 1 aliphatic heterocycles. The van der Waals surface area contributed by atoms with E-state index in [0.29, 0.717) is 5.92 Å². The summed E-state index contributed by atoms with van der Waals surface area (Å²) in [5.74, 6) is 0.599. The van der Waals surface area contributed by atoms with Gasteiger partial charge in [0, 0.05) is 19.2 Å². The van der Waals surface area contributed by atoms with Gasteiger partial charge in [0.1, 0.15) is 0 Å². The quantitative estimate of drug-likeness (QED) is 0.607. The third kappa shape index (κ3) is 3.05. The molecule has 1 heterocycles. The van der Waals surface area contributed by atoms with E-state index in [1.807, 2.05) is 18.1 Å². The minimum atomic E-state index is 0.599. The zero-order valence-corrected chi connectivity index (χ0v) is 8.70. The van der Waals surface area contributed by atoms with Crippen LogP contribution >= 0.6 is 0 Å². The molecule has 0 aliphatic carbocycles. The second-order valence-corrected chi connectivity index (χ2v) is 3.53. The molecule has 2 heteroatoms. The first-order valence-electron chi connectivity index (χ1n) is 4.88. The first-order chi connectivity index (χ1) is 6.24. The van der Waals surface area contributed by atoms with Crippen molar-refractivity contribution in [3.05, 3.63) is 23.9 Å². The van der Waals surface area contributed by atoms with Crippen molar-refractivity contribution in [1.82, 2.24) is 5.01 Å². The van der Waals surface area contributed by atoms with Gasteiger partial charge in [0.2, 0.25) is 0 Å². The highest BCUT2D eigenvalue weighted by Crippen LogP contribution is 2.12. The average molecular weight is 178 g/mol. The molecule has 0 saturated carbocycles. The standard InChI is InChI=1S/C11H18N2/c1-4-11(7-6-10(2)3)13-9-5-8-12-13/h4,6-8,10H,5,9H2,1-3H3/b7-6-,11-4+. The first kappa shape index (κ1) is 10.0. The number of allylic oxidation sites excluding steroid dienone is 3. The Hall–Kier alpha value is -1.05. The molecule has 13 heavy (non-hydrogen) atoms. The van der Waals surface area contributed by atoms with Gasteiger partial charge in [-0.25, -0.2) is 0 Å². The van der Waals surface area contributed by atoms with E-state index in [4.69, 9.17) is 0 Å². The van der Waals surface area contributed by atoms with Crippen molar-refractivity contribution >= 4 is 6.21 Å². The highest BCUT2D eigenvalue weighted by molar-refractivity contribution is 5.59. The summed E-state index contributed by atoms with van der Waals surface area (Å²) < 4.78 is 0. The van der Waals surface area contributed by atoms with Crippen LogP contribution in [0.5, 0.6) is 0 Å². The maximum atomic E-state index is 4.27. The molecule has 0 unspecified atom stereocenters. The summed E-state index contributed by atoms with van der Waals surface area (Å²) >= 11 is 0. The topological polar surface area (TPSA) is 15.6 Å². The van der Waals surface area contributed by atoms with Crippen LogP contribution in [-0.2, 0) is 0 Å². The summed E-state index contributed by atoms with van der Waals surface area (Å²) in [6.07, 6.45) is 9.47. The van der Waals surface area contributed by atoms with Gasteiger partial charge in [-0.2, -0.15) is 5.10 Å². The molecule has 2 nitrogen and oxygen atoms in total. The minimum Gasteiger partial charge on any atom is -0.266 e. The number of nitrogens with zero attached hydrogens (tertiary/aromatic N) is 2. The Morgan fingerprint density at radius 3 is 2.77 bits per heavy atom. The second kappa shape index (κ2) is 4.85. The van der Waals surface area contributed by atoms with Gasteiger partial charge in [0.05, 0.1) is 5.70 Å². The van der Waals surface area contributed by atoms with Crippen LogP contribution < -0.4 is 0 Å². The normalized spacial score (nSPS) is 18.2. The monoisotopic (exact) mass is 178 g/mol. The van der Waals surface area contributed by atoms with Crippen LogP contribution in [0.15, 0.2) is 29.0 Å². The van der Waals surface area contributed by atoms with Crippen LogP contribution in [0.25, 0.3) is 0 Å². The Balaban J connectivity index is 2.58. The van der Waals surface area contributed by atoms with Crippen LogP contribution in [0.3, 0.4) is 0 Å². The Morgan fingerprint density at radius 1 is 1.54 bits per heavy atom. The molecule has 0 aromatic rings. The van der Waals surface area contributed by atoms with Crippen molar-refractivity contribution in [2.75, 3.05) is 6.54 Å². The molecule has 0 bridgehead atoms. The molecule has 72 valence electrons. The molecule has 0 aromatic heterocycles. The number of hydrogen-bond donors (Lipinski definition) is 0. The molecule has 0 N–H and O–H groups in total. The molecule has 0 amide bonds. The lowest BCUT2D eigenvalue weighted by Crippen LogP contribution is -2.11. The highest BCUT2D eigenvalue weighted by atomic mass is 15.5. The van der Waals surface area contributed by atoms with Crippen molar-refractivity contribution in [3.63, 3.8) is 0 Å². The van der Waals surface area contributed by atoms with E-state index in [9.17, 15) is 0 Å². The lowest BCUT2D eigenvalue weighted by molar-refractivity contribution is 0.414. The smallest absolute Gasteiger partial charge is 0.0548 e. The van der Waals surface area contributed by atoms with E-state index in [-0.39, 0.29) is 0 Å². The zero-order chi connectivity index (χ0) is 9.68. The largest absolute Gasteiger partial charge is 0.266 e. The summed E-state index contributed by atoms with van der Waals surface area (Å²) in [5.41, 5.74) is 1.20. The van der Waals surface area contributed by atoms with Crippen LogP contribution in [0, 0.1) is 5.92 Å². The fourth-order valence-electron chi connectivity index (χ4n) is 1.21. The van der Waals surface area contributed by atoms with Gasteiger partial charge in [-0.15, -0.1) is 0 Å². The predicted molar refractivity (Wildman–Crippen MR) is 57.6 cm³/mol. The Labute approximate surface area is 80.6 Å². The third-order valence-electron chi connectivity index (χ3n) is 1.94. The maximum Gasteiger partial charge on any atom is 0.0548 e. The molecule has 1 aliphatic rings. The van der Waals surface area contributed by atoms with E-state index in [0.717, 1.165) is 13.0 Å². The molecular weight excluding hydrogens is 160 g/mol. The highest BCUT2D eigenvalue weighted by Gasteiger charge is 2.07. The van der Waals surface area contributed by atoms with Gasteiger partial charge in [-0.3, -0.25) is 5.01 Å². The average Bonchev–Trinajstić information content (AvgIpc) is 2.58. The van der Waals surface area contributed by atoms with E-state index in [1.54, 1.807) is 0 Å². The van der Waals surface area contributed by atoms with Crippen molar-refractivity contribution < 1.29 is 0 Å². The van der Waals surface area contributed by atoms with Crippen molar-refractivity contribution in [1.29, 1.82) is 0 Å².